The molecular weight excluding hydrogens is 420 g/mol. The van der Waals surface area contributed by atoms with Crippen molar-refractivity contribution in [2.45, 2.75) is 32.7 Å². The zero-order valence-corrected chi connectivity index (χ0v) is 17.8. The summed E-state index contributed by atoms with van der Waals surface area (Å²) in [6, 6.07) is 13.4. The average Bonchev–Trinajstić information content (AvgIpc) is 2.68. The molecule has 0 spiro atoms. The fraction of sp³-hybridized carbons (Fsp3) is 0.364. The van der Waals surface area contributed by atoms with Gasteiger partial charge in [-0.25, -0.2) is 0 Å². The van der Waals surface area contributed by atoms with E-state index < -0.39 is 0 Å². The summed E-state index contributed by atoms with van der Waals surface area (Å²) in [6.07, 6.45) is 1.48. The lowest BCUT2D eigenvalue weighted by Gasteiger charge is -2.32. The predicted molar refractivity (Wildman–Crippen MR) is 113 cm³/mol. The maximum absolute atomic E-state index is 12.7. The first-order valence-corrected chi connectivity index (χ1v) is 10.3. The van der Waals surface area contributed by atoms with Gasteiger partial charge in [0.15, 0.2) is 6.61 Å². The summed E-state index contributed by atoms with van der Waals surface area (Å²) in [5.74, 6) is 0.626. The van der Waals surface area contributed by atoms with Gasteiger partial charge in [0.1, 0.15) is 5.75 Å². The molecule has 1 heterocycles. The molecule has 28 heavy (non-hydrogen) atoms. The molecule has 1 saturated heterocycles. The Morgan fingerprint density at radius 3 is 2.54 bits per heavy atom. The Morgan fingerprint density at radius 1 is 1.14 bits per heavy atom. The van der Waals surface area contributed by atoms with E-state index in [9.17, 15) is 9.59 Å². The van der Waals surface area contributed by atoms with Crippen molar-refractivity contribution < 1.29 is 14.3 Å². The monoisotopic (exact) mass is 444 g/mol. The van der Waals surface area contributed by atoms with E-state index in [1.54, 1.807) is 0 Å². The fourth-order valence-electron chi connectivity index (χ4n) is 3.41. The van der Waals surface area contributed by atoms with Gasteiger partial charge < -0.3 is 15.0 Å². The van der Waals surface area contributed by atoms with Gasteiger partial charge >= 0.3 is 0 Å². The molecule has 1 aliphatic heterocycles. The van der Waals surface area contributed by atoms with Crippen LogP contribution in [0.25, 0.3) is 0 Å². The lowest BCUT2D eigenvalue weighted by atomic mass is 10.0. The minimum atomic E-state index is -0.129. The van der Waals surface area contributed by atoms with E-state index in [0.717, 1.165) is 34.2 Å². The third-order valence-electron chi connectivity index (χ3n) is 4.94. The van der Waals surface area contributed by atoms with Gasteiger partial charge in [-0.15, -0.1) is 0 Å². The second-order valence-electron chi connectivity index (χ2n) is 7.17. The Hall–Kier alpha value is -2.34. The van der Waals surface area contributed by atoms with Gasteiger partial charge in [-0.3, -0.25) is 9.59 Å². The number of piperidine rings is 1. The van der Waals surface area contributed by atoms with Crippen LogP contribution >= 0.6 is 15.9 Å². The van der Waals surface area contributed by atoms with E-state index in [0.29, 0.717) is 18.7 Å². The third-order valence-corrected chi connectivity index (χ3v) is 5.63. The largest absolute Gasteiger partial charge is 0.484 e. The van der Waals surface area contributed by atoms with Crippen molar-refractivity contribution in [3.8, 4) is 5.75 Å². The van der Waals surface area contributed by atoms with Crippen LogP contribution in [0, 0.1) is 13.8 Å². The minimum absolute atomic E-state index is 0.00000786. The van der Waals surface area contributed by atoms with E-state index in [4.69, 9.17) is 4.74 Å². The molecule has 2 aromatic carbocycles. The molecule has 2 aromatic rings. The molecule has 6 heteroatoms. The average molecular weight is 445 g/mol. The zero-order chi connectivity index (χ0) is 20.1. The van der Waals surface area contributed by atoms with Gasteiger partial charge in [0.25, 0.3) is 11.8 Å². The number of carbonyl (C=O) groups excluding carboxylic acids is 2. The highest BCUT2D eigenvalue weighted by Crippen LogP contribution is 2.21. The number of rotatable bonds is 5. The Kier molecular flexibility index (Phi) is 6.73. The summed E-state index contributed by atoms with van der Waals surface area (Å²) in [7, 11) is 0. The molecule has 0 atom stereocenters. The van der Waals surface area contributed by atoms with Crippen LogP contribution in [0.5, 0.6) is 5.75 Å². The van der Waals surface area contributed by atoms with Crippen molar-refractivity contribution in [3.05, 3.63) is 63.6 Å². The molecule has 1 fully saturated rings. The van der Waals surface area contributed by atoms with Crippen molar-refractivity contribution in [2.75, 3.05) is 19.7 Å². The first-order chi connectivity index (χ1) is 13.4. The van der Waals surface area contributed by atoms with E-state index in [-0.39, 0.29) is 24.5 Å². The molecule has 0 unspecified atom stereocenters. The van der Waals surface area contributed by atoms with Crippen molar-refractivity contribution in [1.82, 2.24) is 10.2 Å². The van der Waals surface area contributed by atoms with Crippen LogP contribution in [0.15, 0.2) is 46.9 Å². The van der Waals surface area contributed by atoms with Crippen LogP contribution in [-0.4, -0.2) is 42.5 Å². The first-order valence-electron chi connectivity index (χ1n) is 9.47. The smallest absolute Gasteiger partial charge is 0.258 e. The number of benzene rings is 2. The number of nitrogens with one attached hydrogen (secondary N) is 1. The lowest BCUT2D eigenvalue weighted by molar-refractivity contribution is -0.124. The summed E-state index contributed by atoms with van der Waals surface area (Å²) >= 11 is 3.44. The van der Waals surface area contributed by atoms with Gasteiger partial charge in [-0.1, -0.05) is 29.8 Å². The number of halogens is 1. The van der Waals surface area contributed by atoms with Crippen LogP contribution < -0.4 is 10.1 Å². The van der Waals surface area contributed by atoms with Crippen molar-refractivity contribution >= 4 is 27.7 Å². The molecule has 0 bridgehead atoms. The Labute approximate surface area is 174 Å². The highest BCUT2D eigenvalue weighted by molar-refractivity contribution is 9.10. The van der Waals surface area contributed by atoms with Crippen LogP contribution in [0.4, 0.5) is 0 Å². The van der Waals surface area contributed by atoms with Gasteiger partial charge in [0.2, 0.25) is 0 Å². The molecular formula is C22H25BrN2O3. The summed E-state index contributed by atoms with van der Waals surface area (Å²) < 4.78 is 6.45. The molecule has 5 nitrogen and oxygen atoms in total. The number of nitrogens with zero attached hydrogens (tertiary/aromatic N) is 1. The van der Waals surface area contributed by atoms with Crippen molar-refractivity contribution in [2.24, 2.45) is 0 Å². The van der Waals surface area contributed by atoms with Gasteiger partial charge in [0.05, 0.1) is 5.56 Å². The quantitative estimate of drug-likeness (QED) is 0.761. The molecule has 1 N–H and O–H groups in total. The minimum Gasteiger partial charge on any atom is -0.484 e. The highest BCUT2D eigenvalue weighted by Gasteiger charge is 2.25. The van der Waals surface area contributed by atoms with Gasteiger partial charge in [-0.2, -0.15) is 0 Å². The molecule has 1 aliphatic rings. The van der Waals surface area contributed by atoms with Crippen LogP contribution in [0.2, 0.25) is 0 Å². The molecule has 0 aromatic heterocycles. The highest BCUT2D eigenvalue weighted by atomic mass is 79.9. The summed E-state index contributed by atoms with van der Waals surface area (Å²) in [5, 5.41) is 3.02. The number of likely N-dealkylation sites (tertiary alicyclic amines) is 1. The van der Waals surface area contributed by atoms with Crippen molar-refractivity contribution in [3.63, 3.8) is 0 Å². The molecule has 148 valence electrons. The summed E-state index contributed by atoms with van der Waals surface area (Å²) in [4.78, 5) is 26.7. The van der Waals surface area contributed by atoms with E-state index in [1.165, 1.54) is 0 Å². The molecule has 3 rings (SSSR count). The molecule has 0 radical (unpaired) electrons. The maximum atomic E-state index is 12.7. The number of hydrogen-bond acceptors (Lipinski definition) is 3. The number of aryl methyl sites for hydroxylation is 2. The first kappa shape index (κ1) is 20.4. The van der Waals surface area contributed by atoms with Crippen LogP contribution in [0.1, 0.15) is 34.3 Å². The van der Waals surface area contributed by atoms with E-state index in [2.05, 4.69) is 21.2 Å². The zero-order valence-electron chi connectivity index (χ0n) is 16.2. The van der Waals surface area contributed by atoms with Crippen molar-refractivity contribution in [1.29, 1.82) is 0 Å². The van der Waals surface area contributed by atoms with E-state index >= 15 is 0 Å². The number of hydrogen-bond donors (Lipinski definition) is 1. The fourth-order valence-corrected chi connectivity index (χ4v) is 3.86. The van der Waals surface area contributed by atoms with Crippen LogP contribution in [0.3, 0.4) is 0 Å². The Morgan fingerprint density at radius 2 is 1.86 bits per heavy atom. The van der Waals surface area contributed by atoms with Crippen LogP contribution in [-0.2, 0) is 4.79 Å². The van der Waals surface area contributed by atoms with Gasteiger partial charge in [0, 0.05) is 23.6 Å². The number of amides is 2. The second kappa shape index (κ2) is 9.24. The lowest BCUT2D eigenvalue weighted by Crippen LogP contribution is -2.47. The third kappa shape index (κ3) is 5.13. The predicted octanol–water partition coefficient (Wildman–Crippen LogP) is 3.87. The molecule has 0 aliphatic carbocycles. The topological polar surface area (TPSA) is 58.6 Å². The maximum Gasteiger partial charge on any atom is 0.258 e. The SMILES string of the molecule is Cc1ccc(OCC(=O)NC2CCN(C(=O)c3ccccc3Br)CC2)c(C)c1. The molecule has 0 saturated carbocycles. The Balaban J connectivity index is 1.45. The number of ether oxygens (including phenoxy) is 1. The Bertz CT molecular complexity index is 861. The standard InChI is InChI=1S/C22H25BrN2O3/c1-15-7-8-20(16(2)13-15)28-14-21(26)24-17-9-11-25(12-10-17)22(27)18-5-3-4-6-19(18)23/h3-8,13,17H,9-12,14H2,1-2H3,(H,24,26). The number of carbonyl (C=O) groups is 2. The summed E-state index contributed by atoms with van der Waals surface area (Å²) in [5.41, 5.74) is 2.86. The van der Waals surface area contributed by atoms with Gasteiger partial charge in [-0.05, 0) is 66.4 Å². The molecule has 2 amide bonds. The second-order valence-corrected chi connectivity index (χ2v) is 8.03. The normalized spacial score (nSPS) is 14.6. The van der Waals surface area contributed by atoms with E-state index in [1.807, 2.05) is 61.2 Å². The summed E-state index contributed by atoms with van der Waals surface area (Å²) in [6.45, 7) is 5.25.